The molecule has 6 heteroatoms. The number of hydrogen-bond acceptors (Lipinski definition) is 3. The van der Waals surface area contributed by atoms with E-state index in [1.54, 1.807) is 12.1 Å². The van der Waals surface area contributed by atoms with Gasteiger partial charge in [-0.15, -0.1) is 0 Å². The summed E-state index contributed by atoms with van der Waals surface area (Å²) in [5.74, 6) is 0.590. The van der Waals surface area contributed by atoms with Gasteiger partial charge in [-0.2, -0.15) is 0 Å². The molecule has 0 fully saturated rings. The van der Waals surface area contributed by atoms with Gasteiger partial charge in [-0.3, -0.25) is 0 Å². The van der Waals surface area contributed by atoms with Gasteiger partial charge < -0.3 is 9.52 Å². The minimum Gasteiger partial charge on any atom is -0.505 e. The molecule has 2 aromatic carbocycles. The van der Waals surface area contributed by atoms with Crippen molar-refractivity contribution in [2.75, 3.05) is 0 Å². The molecular formula is C14H8Br2ClNO2. The van der Waals surface area contributed by atoms with Crippen LogP contribution in [0.5, 0.6) is 5.75 Å². The van der Waals surface area contributed by atoms with Gasteiger partial charge >= 0.3 is 0 Å². The zero-order valence-electron chi connectivity index (χ0n) is 10.2. The molecule has 0 aliphatic heterocycles. The van der Waals surface area contributed by atoms with Crippen molar-refractivity contribution < 1.29 is 9.52 Å². The number of halogens is 3. The number of rotatable bonds is 1. The first-order valence-electron chi connectivity index (χ1n) is 5.72. The van der Waals surface area contributed by atoms with Crippen molar-refractivity contribution in [3.63, 3.8) is 0 Å². The molecule has 3 rings (SSSR count). The van der Waals surface area contributed by atoms with E-state index in [-0.39, 0.29) is 5.75 Å². The number of phenols is 1. The molecule has 0 saturated heterocycles. The summed E-state index contributed by atoms with van der Waals surface area (Å²) in [5.41, 5.74) is 2.87. The second kappa shape index (κ2) is 5.06. The van der Waals surface area contributed by atoms with Crippen LogP contribution in [0.1, 0.15) is 5.56 Å². The highest BCUT2D eigenvalue weighted by Crippen LogP contribution is 2.42. The Kier molecular flexibility index (Phi) is 3.52. The van der Waals surface area contributed by atoms with Gasteiger partial charge in [-0.05, 0) is 68.6 Å². The van der Waals surface area contributed by atoms with Crippen molar-refractivity contribution in [2.45, 2.75) is 6.92 Å². The maximum absolute atomic E-state index is 10.0. The predicted octanol–water partition coefficient (Wildman–Crippen LogP) is 5.69. The lowest BCUT2D eigenvalue weighted by Crippen LogP contribution is -1.83. The summed E-state index contributed by atoms with van der Waals surface area (Å²) in [6.07, 6.45) is 0. The molecule has 1 aromatic heterocycles. The van der Waals surface area contributed by atoms with E-state index in [0.29, 0.717) is 31.0 Å². The zero-order chi connectivity index (χ0) is 14.4. The van der Waals surface area contributed by atoms with Gasteiger partial charge in [0.15, 0.2) is 5.58 Å². The topological polar surface area (TPSA) is 46.3 Å². The summed E-state index contributed by atoms with van der Waals surface area (Å²) >= 11 is 12.5. The van der Waals surface area contributed by atoms with Gasteiger partial charge in [0.1, 0.15) is 15.7 Å². The summed E-state index contributed by atoms with van der Waals surface area (Å²) in [5, 5.41) is 10.7. The van der Waals surface area contributed by atoms with Crippen LogP contribution >= 0.6 is 43.5 Å². The van der Waals surface area contributed by atoms with Crippen molar-refractivity contribution in [3.05, 3.63) is 43.8 Å². The number of fused-ring (bicyclic) bond motifs is 1. The lowest BCUT2D eigenvalue weighted by atomic mass is 10.2. The standard InChI is InChI=1S/C14H8Br2ClNO2/c1-6-9(15)12(19)10(16)13-11(6)18-14(20-13)7-2-4-8(17)5-3-7/h2-5,19H,1H3. The Morgan fingerprint density at radius 1 is 1.15 bits per heavy atom. The molecule has 0 bridgehead atoms. The van der Waals surface area contributed by atoms with Crippen molar-refractivity contribution >= 4 is 54.6 Å². The Bertz CT molecular complexity index is 767. The molecule has 0 atom stereocenters. The highest BCUT2D eigenvalue weighted by Gasteiger charge is 2.19. The van der Waals surface area contributed by atoms with Crippen molar-refractivity contribution in [1.82, 2.24) is 4.98 Å². The number of aromatic hydroxyl groups is 1. The number of aromatic nitrogens is 1. The molecule has 3 nitrogen and oxygen atoms in total. The first-order chi connectivity index (χ1) is 9.49. The van der Waals surface area contributed by atoms with Crippen LogP contribution in [-0.2, 0) is 0 Å². The van der Waals surface area contributed by atoms with Gasteiger partial charge in [0, 0.05) is 10.6 Å². The van der Waals surface area contributed by atoms with E-state index in [4.69, 9.17) is 16.0 Å². The zero-order valence-corrected chi connectivity index (χ0v) is 14.2. The van der Waals surface area contributed by atoms with E-state index in [0.717, 1.165) is 11.1 Å². The van der Waals surface area contributed by atoms with Crippen LogP contribution in [0.2, 0.25) is 5.02 Å². The number of phenolic OH excluding ortho intramolecular Hbond substituents is 1. The van der Waals surface area contributed by atoms with Crippen LogP contribution in [0.25, 0.3) is 22.6 Å². The monoisotopic (exact) mass is 415 g/mol. The van der Waals surface area contributed by atoms with Gasteiger partial charge in [0.05, 0.1) is 4.47 Å². The molecule has 0 radical (unpaired) electrons. The average Bonchev–Trinajstić information content (AvgIpc) is 2.89. The van der Waals surface area contributed by atoms with Gasteiger partial charge in [0.25, 0.3) is 0 Å². The second-order valence-electron chi connectivity index (χ2n) is 4.31. The Morgan fingerprint density at radius 3 is 2.45 bits per heavy atom. The van der Waals surface area contributed by atoms with Crippen LogP contribution in [0.3, 0.4) is 0 Å². The van der Waals surface area contributed by atoms with Crippen LogP contribution in [-0.4, -0.2) is 10.1 Å². The fourth-order valence-corrected chi connectivity index (χ4v) is 3.17. The summed E-state index contributed by atoms with van der Waals surface area (Å²) in [4.78, 5) is 4.49. The number of oxazole rings is 1. The van der Waals surface area contributed by atoms with Crippen LogP contribution in [0.15, 0.2) is 37.6 Å². The van der Waals surface area contributed by atoms with E-state index in [9.17, 15) is 5.11 Å². The molecule has 0 spiro atoms. The Morgan fingerprint density at radius 2 is 1.80 bits per heavy atom. The van der Waals surface area contributed by atoms with Gasteiger partial charge in [0.2, 0.25) is 5.89 Å². The normalized spacial score (nSPS) is 11.2. The molecule has 0 aliphatic rings. The first kappa shape index (κ1) is 13.9. The molecule has 102 valence electrons. The quantitative estimate of drug-likeness (QED) is 0.554. The first-order valence-corrected chi connectivity index (χ1v) is 7.68. The molecule has 0 amide bonds. The molecular weight excluding hydrogens is 409 g/mol. The van der Waals surface area contributed by atoms with Gasteiger partial charge in [-0.25, -0.2) is 4.98 Å². The van der Waals surface area contributed by atoms with E-state index in [1.165, 1.54) is 0 Å². The van der Waals surface area contributed by atoms with Crippen molar-refractivity contribution in [2.24, 2.45) is 0 Å². The number of aryl methyl sites for hydroxylation is 1. The smallest absolute Gasteiger partial charge is 0.227 e. The Balaban J connectivity index is 2.28. The number of hydrogen-bond donors (Lipinski definition) is 1. The highest BCUT2D eigenvalue weighted by molar-refractivity contribution is 9.11. The number of benzene rings is 2. The summed E-state index contributed by atoms with van der Waals surface area (Å²) in [6, 6.07) is 7.23. The van der Waals surface area contributed by atoms with E-state index >= 15 is 0 Å². The van der Waals surface area contributed by atoms with Crippen LogP contribution < -0.4 is 0 Å². The fourth-order valence-electron chi connectivity index (χ4n) is 1.92. The van der Waals surface area contributed by atoms with E-state index < -0.39 is 0 Å². The summed E-state index contributed by atoms with van der Waals surface area (Å²) in [6.45, 7) is 1.87. The lowest BCUT2D eigenvalue weighted by Gasteiger charge is -2.03. The maximum Gasteiger partial charge on any atom is 0.227 e. The Hall–Kier alpha value is -1.04. The third kappa shape index (κ3) is 2.14. The SMILES string of the molecule is Cc1c(Br)c(O)c(Br)c2oc(-c3ccc(Cl)cc3)nc12. The highest BCUT2D eigenvalue weighted by atomic mass is 79.9. The van der Waals surface area contributed by atoms with Crippen molar-refractivity contribution in [3.8, 4) is 17.2 Å². The fraction of sp³-hybridized carbons (Fsp3) is 0.0714. The maximum atomic E-state index is 10.0. The van der Waals surface area contributed by atoms with Crippen LogP contribution in [0, 0.1) is 6.92 Å². The molecule has 0 unspecified atom stereocenters. The predicted molar refractivity (Wildman–Crippen MR) is 86.3 cm³/mol. The van der Waals surface area contributed by atoms with E-state index in [1.807, 2.05) is 19.1 Å². The lowest BCUT2D eigenvalue weighted by molar-refractivity contribution is 0.467. The number of nitrogens with zero attached hydrogens (tertiary/aromatic N) is 1. The molecule has 3 aromatic rings. The summed E-state index contributed by atoms with van der Waals surface area (Å²) in [7, 11) is 0. The van der Waals surface area contributed by atoms with E-state index in [2.05, 4.69) is 36.8 Å². The third-order valence-corrected chi connectivity index (χ3v) is 4.98. The largest absolute Gasteiger partial charge is 0.505 e. The minimum absolute atomic E-state index is 0.105. The molecule has 1 N–H and O–H groups in total. The Labute approximate surface area is 136 Å². The molecule has 1 heterocycles. The van der Waals surface area contributed by atoms with Crippen molar-refractivity contribution in [1.29, 1.82) is 0 Å². The second-order valence-corrected chi connectivity index (χ2v) is 6.33. The molecule has 20 heavy (non-hydrogen) atoms. The third-order valence-electron chi connectivity index (χ3n) is 3.02. The van der Waals surface area contributed by atoms with Gasteiger partial charge in [-0.1, -0.05) is 11.6 Å². The van der Waals surface area contributed by atoms with Crippen LogP contribution in [0.4, 0.5) is 0 Å². The molecule has 0 saturated carbocycles. The summed E-state index contributed by atoms with van der Waals surface area (Å²) < 4.78 is 6.85. The molecule has 0 aliphatic carbocycles. The minimum atomic E-state index is 0.105. The average molecular weight is 417 g/mol.